The van der Waals surface area contributed by atoms with Crippen LogP contribution in [0, 0.1) is 0 Å². The number of nitrogens with one attached hydrogen (secondary N) is 2. The van der Waals surface area contributed by atoms with Crippen LogP contribution in [0.3, 0.4) is 0 Å². The molecule has 24 heavy (non-hydrogen) atoms. The van der Waals surface area contributed by atoms with E-state index < -0.39 is 23.4 Å². The second-order valence-corrected chi connectivity index (χ2v) is 5.27. The van der Waals surface area contributed by atoms with Gasteiger partial charge in [0.15, 0.2) is 0 Å². The number of aromatic nitrogens is 2. The summed E-state index contributed by atoms with van der Waals surface area (Å²) in [5.41, 5.74) is 5.96. The molecule has 128 valence electrons. The van der Waals surface area contributed by atoms with Crippen molar-refractivity contribution < 1.29 is 19.4 Å². The Kier molecular flexibility index (Phi) is 5.41. The molecule has 1 amide bonds. The zero-order valence-corrected chi connectivity index (χ0v) is 13.2. The molecule has 2 rings (SSSR count). The van der Waals surface area contributed by atoms with Crippen molar-refractivity contribution >= 4 is 11.9 Å². The van der Waals surface area contributed by atoms with Crippen LogP contribution in [0.4, 0.5) is 0 Å². The minimum absolute atomic E-state index is 0.000812. The number of H-pyrrole nitrogens is 2. The molecule has 1 aromatic carbocycles. The van der Waals surface area contributed by atoms with Crippen molar-refractivity contribution in [2.45, 2.75) is 25.7 Å². The number of carbonyl (C=O) groups excluding carboxylic acids is 2. The van der Waals surface area contributed by atoms with Crippen molar-refractivity contribution in [3.63, 3.8) is 0 Å². The molecule has 0 radical (unpaired) electrons. The van der Waals surface area contributed by atoms with Gasteiger partial charge >= 0.3 is 5.97 Å². The molecule has 1 heterocycles. The molecule has 2 aromatic rings. The third-order valence-electron chi connectivity index (χ3n) is 3.55. The van der Waals surface area contributed by atoms with Gasteiger partial charge < -0.3 is 20.7 Å². The van der Waals surface area contributed by atoms with E-state index >= 15 is 0 Å². The van der Waals surface area contributed by atoms with Gasteiger partial charge in [0.25, 0.3) is 5.56 Å². The molecular weight excluding hydrogens is 314 g/mol. The van der Waals surface area contributed by atoms with Gasteiger partial charge in [-0.2, -0.15) is 0 Å². The van der Waals surface area contributed by atoms with Crippen molar-refractivity contribution in [1.82, 2.24) is 10.2 Å². The molecular formula is C16H19N3O5. The Hall–Kier alpha value is -3.03. The van der Waals surface area contributed by atoms with E-state index in [1.165, 1.54) is 12.1 Å². The third-order valence-corrected chi connectivity index (χ3v) is 3.55. The Morgan fingerprint density at radius 3 is 2.71 bits per heavy atom. The number of phenols is 1. The van der Waals surface area contributed by atoms with Gasteiger partial charge in [-0.1, -0.05) is 12.1 Å². The second-order valence-electron chi connectivity index (χ2n) is 5.27. The highest BCUT2D eigenvalue weighted by Gasteiger charge is 2.26. The molecule has 1 aromatic heterocycles. The zero-order chi connectivity index (χ0) is 17.7. The molecule has 0 saturated heterocycles. The second kappa shape index (κ2) is 7.49. The number of aromatic amines is 2. The van der Waals surface area contributed by atoms with E-state index in [0.717, 1.165) is 0 Å². The van der Waals surface area contributed by atoms with Crippen LogP contribution in [0.5, 0.6) is 5.75 Å². The molecule has 0 aliphatic rings. The van der Waals surface area contributed by atoms with Crippen molar-refractivity contribution in [1.29, 1.82) is 0 Å². The minimum Gasteiger partial charge on any atom is -0.508 e. The molecule has 0 unspecified atom stereocenters. The van der Waals surface area contributed by atoms with Crippen LogP contribution in [0.25, 0.3) is 0 Å². The van der Waals surface area contributed by atoms with Gasteiger partial charge in [-0.3, -0.25) is 19.5 Å². The van der Waals surface area contributed by atoms with Crippen LogP contribution >= 0.6 is 0 Å². The number of esters is 1. The molecule has 0 aliphatic heterocycles. The molecule has 1 atom stereocenters. The Labute approximate surface area is 137 Å². The van der Waals surface area contributed by atoms with E-state index in [0.29, 0.717) is 11.3 Å². The summed E-state index contributed by atoms with van der Waals surface area (Å²) in [4.78, 5) is 35.4. The van der Waals surface area contributed by atoms with Crippen LogP contribution in [0.2, 0.25) is 0 Å². The van der Waals surface area contributed by atoms with Gasteiger partial charge in [0.05, 0.1) is 18.7 Å². The number of hydrogen-bond acceptors (Lipinski definition) is 5. The number of ether oxygens (including phenoxy) is 1. The maximum absolute atomic E-state index is 12.2. The quantitative estimate of drug-likeness (QED) is 0.547. The van der Waals surface area contributed by atoms with Crippen LogP contribution in [-0.2, 0) is 20.7 Å². The van der Waals surface area contributed by atoms with E-state index in [9.17, 15) is 19.5 Å². The summed E-state index contributed by atoms with van der Waals surface area (Å²) in [5, 5.41) is 14.7. The Balaban J connectivity index is 2.47. The first-order valence-electron chi connectivity index (χ1n) is 7.44. The van der Waals surface area contributed by atoms with Crippen LogP contribution in [0.15, 0.2) is 29.1 Å². The molecule has 0 aliphatic carbocycles. The van der Waals surface area contributed by atoms with E-state index in [1.807, 2.05) is 0 Å². The first kappa shape index (κ1) is 17.3. The lowest BCUT2D eigenvalue weighted by molar-refractivity contribution is -0.142. The molecule has 0 bridgehead atoms. The number of carbonyl (C=O) groups is 2. The van der Waals surface area contributed by atoms with Gasteiger partial charge in [0.1, 0.15) is 5.75 Å². The Morgan fingerprint density at radius 1 is 1.33 bits per heavy atom. The summed E-state index contributed by atoms with van der Waals surface area (Å²) in [5.74, 6) is -1.79. The Morgan fingerprint density at radius 2 is 2.08 bits per heavy atom. The summed E-state index contributed by atoms with van der Waals surface area (Å²) in [6, 6.07) is 6.21. The number of aromatic hydroxyl groups is 1. The SMILES string of the molecule is CCOC(=O)Cc1[nH][nH]c(=O)c1[C@H](CC(N)=O)c1cccc(O)c1. The molecule has 0 spiro atoms. The van der Waals surface area contributed by atoms with Gasteiger partial charge in [0, 0.05) is 17.9 Å². The average Bonchev–Trinajstić information content (AvgIpc) is 2.85. The highest BCUT2D eigenvalue weighted by Crippen LogP contribution is 2.29. The fraction of sp³-hybridized carbons (Fsp3) is 0.312. The van der Waals surface area contributed by atoms with Gasteiger partial charge in [-0.25, -0.2) is 0 Å². The Bertz CT molecular complexity index is 793. The zero-order valence-electron chi connectivity index (χ0n) is 13.2. The normalized spacial score (nSPS) is 11.9. The van der Waals surface area contributed by atoms with Gasteiger partial charge in [-0.05, 0) is 24.6 Å². The molecule has 8 nitrogen and oxygen atoms in total. The maximum atomic E-state index is 12.2. The summed E-state index contributed by atoms with van der Waals surface area (Å²) >= 11 is 0. The van der Waals surface area contributed by atoms with Crippen molar-refractivity contribution in [3.8, 4) is 5.75 Å². The predicted molar refractivity (Wildman–Crippen MR) is 85.5 cm³/mol. The van der Waals surface area contributed by atoms with Crippen molar-refractivity contribution in [3.05, 3.63) is 51.4 Å². The van der Waals surface area contributed by atoms with E-state index in [2.05, 4.69) is 10.2 Å². The largest absolute Gasteiger partial charge is 0.508 e. The predicted octanol–water partition coefficient (Wildman–Crippen LogP) is 0.522. The minimum atomic E-state index is -0.686. The first-order chi connectivity index (χ1) is 11.4. The summed E-state index contributed by atoms with van der Waals surface area (Å²) < 4.78 is 4.89. The van der Waals surface area contributed by atoms with E-state index in [4.69, 9.17) is 10.5 Å². The van der Waals surface area contributed by atoms with Crippen molar-refractivity contribution in [2.75, 3.05) is 6.61 Å². The number of amides is 1. The molecule has 5 N–H and O–H groups in total. The summed E-state index contributed by atoms with van der Waals surface area (Å²) in [6.07, 6.45) is -0.282. The van der Waals surface area contributed by atoms with Crippen molar-refractivity contribution in [2.24, 2.45) is 5.73 Å². The van der Waals surface area contributed by atoms with Crippen LogP contribution < -0.4 is 11.3 Å². The highest BCUT2D eigenvalue weighted by molar-refractivity contribution is 5.76. The fourth-order valence-corrected chi connectivity index (χ4v) is 2.60. The number of primary amides is 1. The van der Waals surface area contributed by atoms with Crippen LogP contribution in [-0.4, -0.2) is 33.8 Å². The monoisotopic (exact) mass is 333 g/mol. The lowest BCUT2D eigenvalue weighted by Crippen LogP contribution is -2.21. The number of nitrogens with two attached hydrogens (primary N) is 1. The van der Waals surface area contributed by atoms with E-state index in [1.54, 1.807) is 19.1 Å². The van der Waals surface area contributed by atoms with Crippen LogP contribution in [0.1, 0.15) is 36.1 Å². The third kappa shape index (κ3) is 4.03. The average molecular weight is 333 g/mol. The maximum Gasteiger partial charge on any atom is 0.311 e. The number of phenolic OH excluding ortho intramolecular Hbond substituents is 1. The summed E-state index contributed by atoms with van der Waals surface area (Å²) in [7, 11) is 0. The van der Waals surface area contributed by atoms with Gasteiger partial charge in [0.2, 0.25) is 5.91 Å². The van der Waals surface area contributed by atoms with Gasteiger partial charge in [-0.15, -0.1) is 0 Å². The topological polar surface area (TPSA) is 138 Å². The number of rotatable bonds is 7. The standard InChI is InChI=1S/C16H19N3O5/c1-2-24-14(22)8-12-15(16(23)19-18-12)11(7-13(17)21)9-4-3-5-10(20)6-9/h3-6,11,20H,2,7-8H2,1H3,(H2,17,21)(H2,18,19,23)/t11-/m1/s1. The van der Waals surface area contributed by atoms with E-state index in [-0.39, 0.29) is 30.8 Å². The highest BCUT2D eigenvalue weighted by atomic mass is 16.5. The number of benzene rings is 1. The molecule has 8 heteroatoms. The molecule has 0 fully saturated rings. The fourth-order valence-electron chi connectivity index (χ4n) is 2.60. The molecule has 0 saturated carbocycles. The summed E-state index contributed by atoms with van der Waals surface area (Å²) in [6.45, 7) is 1.90. The lowest BCUT2D eigenvalue weighted by Gasteiger charge is -2.16. The number of hydrogen-bond donors (Lipinski definition) is 4. The first-order valence-corrected chi connectivity index (χ1v) is 7.44. The smallest absolute Gasteiger partial charge is 0.311 e. The lowest BCUT2D eigenvalue weighted by atomic mass is 9.87.